The second-order valence-electron chi connectivity index (χ2n) is 12.8. The van der Waals surface area contributed by atoms with Gasteiger partial charge in [-0.1, -0.05) is 115 Å². The lowest BCUT2D eigenvalue weighted by Crippen LogP contribution is -1.94. The van der Waals surface area contributed by atoms with Crippen LogP contribution in [0.25, 0.3) is 104 Å². The van der Waals surface area contributed by atoms with E-state index >= 15 is 0 Å². The second-order valence-corrected chi connectivity index (χ2v) is 12.8. The third-order valence-electron chi connectivity index (χ3n) is 10.3. The molecule has 0 saturated carbocycles. The van der Waals surface area contributed by atoms with Gasteiger partial charge in [0.05, 0.1) is 17.3 Å². The Labute approximate surface area is 280 Å². The quantitative estimate of drug-likeness (QED) is 0.183. The van der Waals surface area contributed by atoms with E-state index in [1.54, 1.807) is 6.26 Å². The molecule has 0 unspecified atom stereocenters. The fourth-order valence-corrected chi connectivity index (χ4v) is 8.33. The molecule has 8 aromatic carbocycles. The van der Waals surface area contributed by atoms with Gasteiger partial charge in [0.2, 0.25) is 0 Å². The Bertz CT molecular complexity index is 3050. The van der Waals surface area contributed by atoms with Crippen LogP contribution in [0.1, 0.15) is 0 Å². The molecule has 3 heteroatoms. The summed E-state index contributed by atoms with van der Waals surface area (Å²) in [7, 11) is 0. The van der Waals surface area contributed by atoms with E-state index in [1.807, 2.05) is 18.2 Å². The molecule has 3 nitrogen and oxygen atoms in total. The predicted octanol–water partition coefficient (Wildman–Crippen LogP) is 13.1. The van der Waals surface area contributed by atoms with E-state index in [2.05, 4.69) is 144 Å². The molecule has 0 N–H and O–H groups in total. The van der Waals surface area contributed by atoms with E-state index in [0.29, 0.717) is 0 Å². The van der Waals surface area contributed by atoms with Crippen LogP contribution in [0, 0.1) is 0 Å². The molecule has 0 fully saturated rings. The largest absolute Gasteiger partial charge is 0.464 e. The third kappa shape index (κ3) is 3.62. The minimum absolute atomic E-state index is 0.864. The van der Waals surface area contributed by atoms with E-state index in [-0.39, 0.29) is 0 Å². The van der Waals surface area contributed by atoms with Crippen LogP contribution >= 0.6 is 0 Å². The zero-order chi connectivity index (χ0) is 32.1. The first-order chi connectivity index (χ1) is 24.3. The summed E-state index contributed by atoms with van der Waals surface area (Å²) in [5, 5.41) is 10.6. The summed E-state index contributed by atoms with van der Waals surface area (Å²) in [5.41, 5.74) is 10.9. The van der Waals surface area contributed by atoms with Gasteiger partial charge in [-0.2, -0.15) is 0 Å². The van der Waals surface area contributed by atoms with Gasteiger partial charge in [0.15, 0.2) is 0 Å². The zero-order valence-corrected chi connectivity index (χ0v) is 26.4. The molecular formula is C46H27NO2. The molecule has 0 bridgehead atoms. The van der Waals surface area contributed by atoms with Crippen LogP contribution in [0.4, 0.5) is 0 Å². The highest BCUT2D eigenvalue weighted by atomic mass is 16.3. The molecule has 49 heavy (non-hydrogen) atoms. The standard InChI is InChI=1S/C46H27NO2/c1-2-12-28(13-3-1)47-38-22-9-8-18-33(38)44-35(19-11-23-39(44)47)42-29-14-4-6-16-31(29)43(32-17-7-5-15-30(32)42)36-20-10-21-37-45-34-26-27-48-40(34)24-25-41(45)49-46(36)37/h1-27H. The molecule has 0 aliphatic heterocycles. The summed E-state index contributed by atoms with van der Waals surface area (Å²) in [6, 6.07) is 56.5. The number of furan rings is 2. The van der Waals surface area contributed by atoms with Crippen LogP contribution in [-0.4, -0.2) is 4.57 Å². The van der Waals surface area contributed by atoms with Gasteiger partial charge in [-0.05, 0) is 75.1 Å². The molecular weight excluding hydrogens is 599 g/mol. The SMILES string of the molecule is c1ccc(-n2c3ccccc3c3c(-c4c5ccccc5c(-c5cccc6c5oc5ccc7occc7c56)c5ccccc45)cccc32)cc1. The number of hydrogen-bond donors (Lipinski definition) is 0. The summed E-state index contributed by atoms with van der Waals surface area (Å²) >= 11 is 0. The maximum Gasteiger partial charge on any atom is 0.143 e. The highest BCUT2D eigenvalue weighted by Gasteiger charge is 2.23. The third-order valence-corrected chi connectivity index (χ3v) is 10.3. The Morgan fingerprint density at radius 2 is 0.939 bits per heavy atom. The Kier molecular flexibility index (Phi) is 5.38. The highest BCUT2D eigenvalue weighted by molar-refractivity contribution is 6.28. The number of nitrogens with zero attached hydrogens (tertiary/aromatic N) is 1. The van der Waals surface area contributed by atoms with Crippen molar-refractivity contribution >= 4 is 76.3 Å². The van der Waals surface area contributed by atoms with Crippen molar-refractivity contribution in [1.29, 1.82) is 0 Å². The summed E-state index contributed by atoms with van der Waals surface area (Å²) in [6.45, 7) is 0. The van der Waals surface area contributed by atoms with E-state index < -0.39 is 0 Å². The Balaban J connectivity index is 1.28. The fourth-order valence-electron chi connectivity index (χ4n) is 8.33. The second kappa shape index (κ2) is 9.96. The van der Waals surface area contributed by atoms with Crippen molar-refractivity contribution in [3.05, 3.63) is 164 Å². The Morgan fingerprint density at radius 3 is 1.69 bits per heavy atom. The van der Waals surface area contributed by atoms with Gasteiger partial charge >= 0.3 is 0 Å². The summed E-state index contributed by atoms with van der Waals surface area (Å²) in [4.78, 5) is 0. The van der Waals surface area contributed by atoms with Crippen molar-refractivity contribution in [3.63, 3.8) is 0 Å². The van der Waals surface area contributed by atoms with Gasteiger partial charge in [0, 0.05) is 43.7 Å². The Hall–Kier alpha value is -6.58. The van der Waals surface area contributed by atoms with E-state index in [1.165, 1.54) is 60.0 Å². The molecule has 11 rings (SSSR count). The molecule has 0 aliphatic carbocycles. The first-order valence-electron chi connectivity index (χ1n) is 16.7. The zero-order valence-electron chi connectivity index (χ0n) is 26.4. The highest BCUT2D eigenvalue weighted by Crippen LogP contribution is 2.49. The molecule has 3 heterocycles. The maximum absolute atomic E-state index is 6.73. The monoisotopic (exact) mass is 625 g/mol. The number of hydrogen-bond acceptors (Lipinski definition) is 2. The minimum atomic E-state index is 0.864. The molecule has 0 atom stereocenters. The molecule has 3 aromatic heterocycles. The van der Waals surface area contributed by atoms with Gasteiger partial charge in [0.1, 0.15) is 16.7 Å². The average molecular weight is 626 g/mol. The van der Waals surface area contributed by atoms with Gasteiger partial charge in [-0.3, -0.25) is 0 Å². The lowest BCUT2D eigenvalue weighted by molar-refractivity contribution is 0.615. The topological polar surface area (TPSA) is 31.2 Å². The van der Waals surface area contributed by atoms with E-state index in [0.717, 1.165) is 44.2 Å². The van der Waals surface area contributed by atoms with Crippen LogP contribution in [0.15, 0.2) is 173 Å². The molecule has 228 valence electrons. The minimum Gasteiger partial charge on any atom is -0.464 e. The van der Waals surface area contributed by atoms with Gasteiger partial charge < -0.3 is 13.4 Å². The lowest BCUT2D eigenvalue weighted by atomic mass is 9.84. The van der Waals surface area contributed by atoms with Crippen LogP contribution in [0.5, 0.6) is 0 Å². The summed E-state index contributed by atoms with van der Waals surface area (Å²) in [6.07, 6.45) is 1.75. The summed E-state index contributed by atoms with van der Waals surface area (Å²) in [5.74, 6) is 0. The van der Waals surface area contributed by atoms with E-state index in [9.17, 15) is 0 Å². The van der Waals surface area contributed by atoms with Crippen LogP contribution in [0.3, 0.4) is 0 Å². The van der Waals surface area contributed by atoms with Crippen molar-refractivity contribution in [2.24, 2.45) is 0 Å². The molecule has 0 amide bonds. The predicted molar refractivity (Wildman–Crippen MR) is 204 cm³/mol. The molecule has 0 saturated heterocycles. The normalized spacial score (nSPS) is 12.1. The van der Waals surface area contributed by atoms with Crippen LogP contribution < -0.4 is 0 Å². The number of aromatic nitrogens is 1. The van der Waals surface area contributed by atoms with Crippen molar-refractivity contribution in [2.45, 2.75) is 0 Å². The van der Waals surface area contributed by atoms with Crippen molar-refractivity contribution in [1.82, 2.24) is 4.57 Å². The van der Waals surface area contributed by atoms with Crippen LogP contribution in [0.2, 0.25) is 0 Å². The van der Waals surface area contributed by atoms with Gasteiger partial charge in [-0.25, -0.2) is 0 Å². The fraction of sp³-hybridized carbons (Fsp3) is 0. The first-order valence-corrected chi connectivity index (χ1v) is 16.7. The molecule has 11 aromatic rings. The maximum atomic E-state index is 6.73. The lowest BCUT2D eigenvalue weighted by Gasteiger charge is -2.18. The summed E-state index contributed by atoms with van der Waals surface area (Å²) < 4.78 is 14.9. The van der Waals surface area contributed by atoms with Gasteiger partial charge in [0.25, 0.3) is 0 Å². The van der Waals surface area contributed by atoms with Crippen molar-refractivity contribution in [3.8, 4) is 27.9 Å². The van der Waals surface area contributed by atoms with E-state index in [4.69, 9.17) is 8.83 Å². The number of para-hydroxylation sites is 3. The number of benzene rings is 8. The molecule has 0 spiro atoms. The number of fused-ring (bicyclic) bond motifs is 10. The van der Waals surface area contributed by atoms with Crippen molar-refractivity contribution < 1.29 is 8.83 Å². The smallest absolute Gasteiger partial charge is 0.143 e. The van der Waals surface area contributed by atoms with Gasteiger partial charge in [-0.15, -0.1) is 0 Å². The average Bonchev–Trinajstić information content (AvgIpc) is 3.88. The molecule has 0 radical (unpaired) electrons. The first kappa shape index (κ1) is 26.5. The van der Waals surface area contributed by atoms with Crippen LogP contribution in [-0.2, 0) is 0 Å². The molecule has 0 aliphatic rings. The number of rotatable bonds is 3. The Morgan fingerprint density at radius 1 is 0.367 bits per heavy atom. The van der Waals surface area contributed by atoms with Crippen molar-refractivity contribution in [2.75, 3.05) is 0 Å².